The first-order valence-corrected chi connectivity index (χ1v) is 8.42. The van der Waals surface area contributed by atoms with Crippen LogP contribution in [0.2, 0.25) is 0 Å². The molecule has 3 rings (SSSR count). The lowest BCUT2D eigenvalue weighted by atomic mass is 9.97. The molecule has 1 saturated carbocycles. The molecule has 2 aromatic rings. The Morgan fingerprint density at radius 3 is 2.64 bits per heavy atom. The highest BCUT2D eigenvalue weighted by atomic mass is 32.1. The molecule has 0 radical (unpaired) electrons. The number of nitrogens with zero attached hydrogens (tertiary/aromatic N) is 1. The van der Waals surface area contributed by atoms with Crippen LogP contribution in [-0.4, -0.2) is 31.3 Å². The third kappa shape index (κ3) is 2.63. The molecule has 0 spiro atoms. The molecule has 0 aliphatic heterocycles. The Balaban J connectivity index is 2.12. The summed E-state index contributed by atoms with van der Waals surface area (Å²) in [4.78, 5) is 19.5. The molecule has 4 nitrogen and oxygen atoms in total. The van der Waals surface area contributed by atoms with E-state index < -0.39 is 0 Å². The molecule has 0 atom stereocenters. The Morgan fingerprint density at radius 1 is 1.27 bits per heavy atom. The fourth-order valence-electron chi connectivity index (χ4n) is 2.86. The summed E-state index contributed by atoms with van der Waals surface area (Å²) in [6.07, 6.45) is 2.29. The number of thiophene rings is 1. The molecule has 0 N–H and O–H groups in total. The van der Waals surface area contributed by atoms with Crippen LogP contribution in [0.25, 0.3) is 10.2 Å². The number of fused-ring (bicyclic) bond motifs is 1. The highest BCUT2D eigenvalue weighted by molar-refractivity contribution is 7.18. The van der Waals surface area contributed by atoms with E-state index in [1.54, 1.807) is 18.4 Å². The zero-order valence-electron chi connectivity index (χ0n) is 13.5. The van der Waals surface area contributed by atoms with Crippen LogP contribution in [0, 0.1) is 20.8 Å². The summed E-state index contributed by atoms with van der Waals surface area (Å²) >= 11 is 1.71. The van der Waals surface area contributed by atoms with E-state index in [0.717, 1.165) is 28.9 Å². The molecule has 0 saturated heterocycles. The maximum Gasteiger partial charge on any atom is 0.340 e. The zero-order valence-corrected chi connectivity index (χ0v) is 14.3. The Morgan fingerprint density at radius 2 is 2.00 bits per heavy atom. The number of carbonyl (C=O) groups is 1. The van der Waals surface area contributed by atoms with E-state index in [1.165, 1.54) is 15.8 Å². The zero-order chi connectivity index (χ0) is 15.9. The van der Waals surface area contributed by atoms with Crippen LogP contribution in [0.1, 0.15) is 50.8 Å². The average Bonchev–Trinajstić information content (AvgIpc) is 3.26. The summed E-state index contributed by atoms with van der Waals surface area (Å²) in [6.45, 7) is 6.83. The van der Waals surface area contributed by atoms with Gasteiger partial charge in [-0.25, -0.2) is 9.78 Å². The summed E-state index contributed by atoms with van der Waals surface area (Å²) in [5.74, 6) is 0.205. The second-order valence-corrected chi connectivity index (χ2v) is 7.06. The van der Waals surface area contributed by atoms with E-state index in [0.29, 0.717) is 18.1 Å². The van der Waals surface area contributed by atoms with Gasteiger partial charge in [-0.05, 0) is 50.7 Å². The van der Waals surface area contributed by atoms with Crippen LogP contribution in [0.5, 0.6) is 0 Å². The largest absolute Gasteiger partial charge is 0.460 e. The first-order chi connectivity index (χ1) is 10.5. The van der Waals surface area contributed by atoms with E-state index in [1.807, 2.05) is 6.92 Å². The predicted octanol–water partition coefficient (Wildman–Crippen LogP) is 3.90. The molecule has 2 aromatic heterocycles. The van der Waals surface area contributed by atoms with Gasteiger partial charge in [0.2, 0.25) is 0 Å². The van der Waals surface area contributed by atoms with Gasteiger partial charge in [0.15, 0.2) is 0 Å². The number of methoxy groups -OCH3 is 1. The first kappa shape index (κ1) is 15.4. The number of rotatable bonds is 5. The number of pyridine rings is 1. The van der Waals surface area contributed by atoms with E-state index in [2.05, 4.69) is 18.8 Å². The number of ether oxygens (including phenoxy) is 2. The van der Waals surface area contributed by atoms with Crippen LogP contribution in [0.4, 0.5) is 0 Å². The van der Waals surface area contributed by atoms with E-state index >= 15 is 0 Å². The third-order valence-corrected chi connectivity index (χ3v) is 5.35. The van der Waals surface area contributed by atoms with Crippen molar-refractivity contribution in [3.05, 3.63) is 27.3 Å². The molecule has 1 aliphatic rings. The topological polar surface area (TPSA) is 48.4 Å². The lowest BCUT2D eigenvalue weighted by Crippen LogP contribution is -2.14. The first-order valence-electron chi connectivity index (χ1n) is 7.60. The van der Waals surface area contributed by atoms with Gasteiger partial charge in [-0.1, -0.05) is 0 Å². The summed E-state index contributed by atoms with van der Waals surface area (Å²) in [5, 5.41) is 1.18. The SMILES string of the molecule is COCCOC(=O)c1c(C)nc2sc(C)c(C)c2c1C1CC1. The molecule has 118 valence electrons. The highest BCUT2D eigenvalue weighted by Gasteiger charge is 2.33. The van der Waals surface area contributed by atoms with E-state index in [-0.39, 0.29) is 12.6 Å². The minimum atomic E-state index is -0.269. The molecule has 2 heterocycles. The fraction of sp³-hybridized carbons (Fsp3) is 0.529. The van der Waals surface area contributed by atoms with Crippen molar-refractivity contribution in [2.75, 3.05) is 20.3 Å². The summed E-state index contributed by atoms with van der Waals surface area (Å²) < 4.78 is 10.3. The molecule has 22 heavy (non-hydrogen) atoms. The van der Waals surface area contributed by atoms with Gasteiger partial charge in [-0.3, -0.25) is 0 Å². The van der Waals surface area contributed by atoms with Gasteiger partial charge in [0.05, 0.1) is 17.9 Å². The second kappa shape index (κ2) is 5.97. The number of hydrogen-bond donors (Lipinski definition) is 0. The molecular formula is C17H21NO3S. The van der Waals surface area contributed by atoms with Crippen molar-refractivity contribution in [3.8, 4) is 0 Å². The van der Waals surface area contributed by atoms with Crippen LogP contribution in [0.3, 0.4) is 0 Å². The number of carbonyl (C=O) groups excluding carboxylic acids is 1. The van der Waals surface area contributed by atoms with Crippen LogP contribution in [0.15, 0.2) is 0 Å². The standard InChI is InChI=1S/C17H21NO3S/c1-9-11(3)22-16-13(9)15(12-5-6-12)14(10(2)18-16)17(19)21-8-7-20-4/h12H,5-8H2,1-4H3. The Labute approximate surface area is 134 Å². The lowest BCUT2D eigenvalue weighted by molar-refractivity contribution is 0.0386. The van der Waals surface area contributed by atoms with Gasteiger partial charge in [0.25, 0.3) is 0 Å². The van der Waals surface area contributed by atoms with Gasteiger partial charge in [0.1, 0.15) is 11.4 Å². The monoisotopic (exact) mass is 319 g/mol. The molecule has 1 aliphatic carbocycles. The molecule has 5 heteroatoms. The van der Waals surface area contributed by atoms with Crippen molar-refractivity contribution in [1.82, 2.24) is 4.98 Å². The molecule has 0 amide bonds. The fourth-order valence-corrected chi connectivity index (χ4v) is 3.95. The van der Waals surface area contributed by atoms with Gasteiger partial charge < -0.3 is 9.47 Å². The number of hydrogen-bond acceptors (Lipinski definition) is 5. The number of esters is 1. The normalized spacial score (nSPS) is 14.5. The smallest absolute Gasteiger partial charge is 0.340 e. The summed E-state index contributed by atoms with van der Waals surface area (Å²) in [6, 6.07) is 0. The van der Waals surface area contributed by atoms with Gasteiger partial charge in [-0.2, -0.15) is 0 Å². The van der Waals surface area contributed by atoms with Crippen molar-refractivity contribution >= 4 is 27.5 Å². The van der Waals surface area contributed by atoms with Crippen LogP contribution >= 0.6 is 11.3 Å². The molecule has 0 aromatic carbocycles. The average molecular weight is 319 g/mol. The quantitative estimate of drug-likeness (QED) is 0.619. The van der Waals surface area contributed by atoms with E-state index in [4.69, 9.17) is 9.47 Å². The van der Waals surface area contributed by atoms with Crippen molar-refractivity contribution in [2.45, 2.75) is 39.5 Å². The van der Waals surface area contributed by atoms with E-state index in [9.17, 15) is 4.79 Å². The van der Waals surface area contributed by atoms with Crippen molar-refractivity contribution in [1.29, 1.82) is 0 Å². The maximum atomic E-state index is 12.5. The van der Waals surface area contributed by atoms with Gasteiger partial charge in [0, 0.05) is 17.4 Å². The predicted molar refractivity (Wildman–Crippen MR) is 88.0 cm³/mol. The molecule has 0 bridgehead atoms. The van der Waals surface area contributed by atoms with Crippen molar-refractivity contribution in [3.63, 3.8) is 0 Å². The number of aromatic nitrogens is 1. The Hall–Kier alpha value is -1.46. The highest BCUT2D eigenvalue weighted by Crippen LogP contribution is 2.47. The van der Waals surface area contributed by atoms with Crippen LogP contribution in [-0.2, 0) is 9.47 Å². The second-order valence-electron chi connectivity index (χ2n) is 5.85. The van der Waals surface area contributed by atoms with Crippen LogP contribution < -0.4 is 0 Å². The van der Waals surface area contributed by atoms with Crippen molar-refractivity contribution in [2.24, 2.45) is 0 Å². The molecule has 1 fully saturated rings. The summed E-state index contributed by atoms with van der Waals surface area (Å²) in [5.41, 5.74) is 3.86. The molecule has 0 unspecified atom stereocenters. The van der Waals surface area contributed by atoms with Gasteiger partial charge in [-0.15, -0.1) is 11.3 Å². The third-order valence-electron chi connectivity index (χ3n) is 4.25. The Kier molecular flexibility index (Phi) is 4.19. The minimum absolute atomic E-state index is 0.269. The Bertz CT molecular complexity index is 731. The summed E-state index contributed by atoms with van der Waals surface area (Å²) in [7, 11) is 1.60. The minimum Gasteiger partial charge on any atom is -0.460 e. The van der Waals surface area contributed by atoms with Crippen molar-refractivity contribution < 1.29 is 14.3 Å². The number of aryl methyl sites for hydroxylation is 3. The molecular weight excluding hydrogens is 298 g/mol. The van der Waals surface area contributed by atoms with Gasteiger partial charge >= 0.3 is 5.97 Å². The maximum absolute atomic E-state index is 12.5. The lowest BCUT2D eigenvalue weighted by Gasteiger charge is -2.13.